The molecule has 9 heteroatoms. The van der Waals surface area contributed by atoms with Crippen molar-refractivity contribution in [2.75, 3.05) is 13.7 Å². The number of nitrogens with zero attached hydrogens (tertiary/aromatic N) is 1. The first-order valence-corrected chi connectivity index (χ1v) is 4.94. The van der Waals surface area contributed by atoms with Crippen molar-refractivity contribution < 1.29 is 37.0 Å². The van der Waals surface area contributed by atoms with Crippen molar-refractivity contribution >= 4 is 11.9 Å². The predicted octanol–water partition coefficient (Wildman–Crippen LogP) is 0.0216. The number of likely N-dealkylation sites (tertiary alicyclic amines) is 1. The summed E-state index contributed by atoms with van der Waals surface area (Å²) >= 11 is 0. The Morgan fingerprint density at radius 1 is 1.44 bits per heavy atom. The summed E-state index contributed by atoms with van der Waals surface area (Å²) in [6, 6.07) is -1.47. The first kappa shape index (κ1) is 14.7. The van der Waals surface area contributed by atoms with Gasteiger partial charge < -0.3 is 14.7 Å². The summed E-state index contributed by atoms with van der Waals surface area (Å²) in [5.74, 6) is -8.12. The number of aliphatic hydroxyl groups excluding tert-OH is 1. The standard InChI is InChI=1S/C9H11F4NO4/c1-18-6(16)5-2-4(15)3-14(5)8(17)9(12,13)7(10)11/h4-5,7,15H,2-3H2,1H3. The molecule has 1 heterocycles. The van der Waals surface area contributed by atoms with Gasteiger partial charge in [-0.1, -0.05) is 0 Å². The lowest BCUT2D eigenvalue weighted by atomic mass is 10.2. The van der Waals surface area contributed by atoms with Crippen LogP contribution < -0.4 is 0 Å². The minimum atomic E-state index is -4.89. The Labute approximate surface area is 99.3 Å². The first-order valence-electron chi connectivity index (χ1n) is 4.94. The number of aliphatic hydroxyl groups is 1. The number of carbonyl (C=O) groups is 2. The van der Waals surface area contributed by atoms with E-state index in [1.54, 1.807) is 0 Å². The van der Waals surface area contributed by atoms with Crippen molar-refractivity contribution in [2.45, 2.75) is 30.9 Å². The van der Waals surface area contributed by atoms with Crippen LogP contribution in [0.1, 0.15) is 6.42 Å². The number of β-amino-alcohol motifs (C(OH)–C–C–N with tert-alkyl or cyclic N) is 1. The monoisotopic (exact) mass is 273 g/mol. The second-order valence-electron chi connectivity index (χ2n) is 3.81. The Balaban J connectivity index is 2.93. The van der Waals surface area contributed by atoms with E-state index in [9.17, 15) is 32.3 Å². The average Bonchev–Trinajstić information content (AvgIpc) is 2.68. The summed E-state index contributed by atoms with van der Waals surface area (Å²) < 4.78 is 54.1. The molecule has 5 nitrogen and oxygen atoms in total. The van der Waals surface area contributed by atoms with Gasteiger partial charge >= 0.3 is 18.3 Å². The van der Waals surface area contributed by atoms with Gasteiger partial charge in [0.25, 0.3) is 5.91 Å². The van der Waals surface area contributed by atoms with Crippen LogP contribution in [-0.2, 0) is 14.3 Å². The van der Waals surface area contributed by atoms with E-state index in [1.165, 1.54) is 0 Å². The molecule has 2 unspecified atom stereocenters. The topological polar surface area (TPSA) is 66.8 Å². The third kappa shape index (κ3) is 2.55. The van der Waals surface area contributed by atoms with Crippen LogP contribution in [0.5, 0.6) is 0 Å². The maximum absolute atomic E-state index is 12.9. The molecule has 1 aliphatic rings. The van der Waals surface area contributed by atoms with E-state index < -0.39 is 42.9 Å². The quantitative estimate of drug-likeness (QED) is 0.581. The zero-order valence-corrected chi connectivity index (χ0v) is 9.28. The molecule has 2 atom stereocenters. The molecule has 1 aliphatic heterocycles. The van der Waals surface area contributed by atoms with Gasteiger partial charge in [0, 0.05) is 13.0 Å². The van der Waals surface area contributed by atoms with E-state index in [1.807, 2.05) is 0 Å². The van der Waals surface area contributed by atoms with Crippen LogP contribution in [0.2, 0.25) is 0 Å². The Kier molecular flexibility index (Phi) is 4.15. The maximum Gasteiger partial charge on any atom is 0.383 e. The van der Waals surface area contributed by atoms with Gasteiger partial charge in [0.2, 0.25) is 0 Å². The molecule has 18 heavy (non-hydrogen) atoms. The van der Waals surface area contributed by atoms with E-state index in [-0.39, 0.29) is 11.3 Å². The second kappa shape index (κ2) is 5.09. The average molecular weight is 273 g/mol. The summed E-state index contributed by atoms with van der Waals surface area (Å²) in [5, 5.41) is 9.23. The number of ether oxygens (including phenoxy) is 1. The molecule has 1 fully saturated rings. The number of methoxy groups -OCH3 is 1. The molecule has 0 saturated carbocycles. The molecule has 0 aromatic heterocycles. The van der Waals surface area contributed by atoms with Gasteiger partial charge in [0.15, 0.2) is 0 Å². The Morgan fingerprint density at radius 3 is 2.44 bits per heavy atom. The highest BCUT2D eigenvalue weighted by molar-refractivity contribution is 5.89. The Morgan fingerprint density at radius 2 is 2.00 bits per heavy atom. The largest absolute Gasteiger partial charge is 0.467 e. The van der Waals surface area contributed by atoms with E-state index in [4.69, 9.17) is 0 Å². The molecule has 0 radical (unpaired) electrons. The molecular weight excluding hydrogens is 262 g/mol. The minimum Gasteiger partial charge on any atom is -0.467 e. The number of rotatable bonds is 3. The van der Waals surface area contributed by atoms with E-state index in [0.29, 0.717) is 0 Å². The fourth-order valence-electron chi connectivity index (χ4n) is 1.68. The fourth-order valence-corrected chi connectivity index (χ4v) is 1.68. The van der Waals surface area contributed by atoms with Crippen molar-refractivity contribution in [2.24, 2.45) is 0 Å². The predicted molar refractivity (Wildman–Crippen MR) is 49.1 cm³/mol. The van der Waals surface area contributed by atoms with Crippen LogP contribution in [-0.4, -0.2) is 60.0 Å². The van der Waals surface area contributed by atoms with Gasteiger partial charge in [-0.25, -0.2) is 13.6 Å². The van der Waals surface area contributed by atoms with Crippen LogP contribution in [0.15, 0.2) is 0 Å². The van der Waals surface area contributed by atoms with E-state index >= 15 is 0 Å². The molecule has 0 aliphatic carbocycles. The highest BCUT2D eigenvalue weighted by Crippen LogP contribution is 2.30. The van der Waals surface area contributed by atoms with Gasteiger partial charge in [0.1, 0.15) is 6.04 Å². The fraction of sp³-hybridized carbons (Fsp3) is 0.778. The first-order chi connectivity index (χ1) is 8.21. The second-order valence-corrected chi connectivity index (χ2v) is 3.81. The van der Waals surface area contributed by atoms with Crippen molar-refractivity contribution in [3.8, 4) is 0 Å². The molecule has 0 spiro atoms. The van der Waals surface area contributed by atoms with Crippen molar-refractivity contribution in [1.29, 1.82) is 0 Å². The molecule has 1 rings (SSSR count). The third-order valence-electron chi connectivity index (χ3n) is 2.57. The van der Waals surface area contributed by atoms with E-state index in [0.717, 1.165) is 7.11 Å². The molecule has 0 bridgehead atoms. The van der Waals surface area contributed by atoms with Crippen molar-refractivity contribution in [3.05, 3.63) is 0 Å². The van der Waals surface area contributed by atoms with Crippen molar-refractivity contribution in [3.63, 3.8) is 0 Å². The summed E-state index contributed by atoms with van der Waals surface area (Å²) in [7, 11) is 0.959. The third-order valence-corrected chi connectivity index (χ3v) is 2.57. The lowest BCUT2D eigenvalue weighted by molar-refractivity contribution is -0.184. The van der Waals surface area contributed by atoms with Crippen LogP contribution in [0, 0.1) is 0 Å². The van der Waals surface area contributed by atoms with Gasteiger partial charge in [-0.15, -0.1) is 0 Å². The minimum absolute atomic E-state index is 0.225. The van der Waals surface area contributed by atoms with Gasteiger partial charge in [-0.05, 0) is 0 Å². The highest BCUT2D eigenvalue weighted by atomic mass is 19.3. The zero-order valence-electron chi connectivity index (χ0n) is 9.28. The number of carbonyl (C=O) groups excluding carboxylic acids is 2. The molecule has 104 valence electrons. The highest BCUT2D eigenvalue weighted by Gasteiger charge is 2.55. The molecule has 1 N–H and O–H groups in total. The molecule has 0 aromatic rings. The molecule has 0 aromatic carbocycles. The normalized spacial score (nSPS) is 24.5. The SMILES string of the molecule is COC(=O)C1CC(O)CN1C(=O)C(F)(F)C(F)F. The number of amides is 1. The summed E-state index contributed by atoms with van der Waals surface area (Å²) in [6.07, 6.45) is -5.73. The van der Waals surface area contributed by atoms with Crippen LogP contribution in [0.25, 0.3) is 0 Å². The maximum atomic E-state index is 12.9. The number of hydrogen-bond donors (Lipinski definition) is 1. The van der Waals surface area contributed by atoms with Gasteiger partial charge in [-0.2, -0.15) is 8.78 Å². The number of halogens is 4. The van der Waals surface area contributed by atoms with Crippen LogP contribution in [0.3, 0.4) is 0 Å². The van der Waals surface area contributed by atoms with Gasteiger partial charge in [0.05, 0.1) is 13.2 Å². The Bertz CT molecular complexity index is 349. The molecule has 1 amide bonds. The van der Waals surface area contributed by atoms with Crippen LogP contribution in [0.4, 0.5) is 17.6 Å². The Hall–Kier alpha value is -1.38. The lowest BCUT2D eigenvalue weighted by Crippen LogP contribution is -2.51. The molecular formula is C9H11F4NO4. The lowest BCUT2D eigenvalue weighted by Gasteiger charge is -2.26. The zero-order chi connectivity index (χ0) is 14.1. The molecule has 1 saturated heterocycles. The number of esters is 1. The number of alkyl halides is 4. The van der Waals surface area contributed by atoms with Crippen molar-refractivity contribution in [1.82, 2.24) is 4.90 Å². The summed E-state index contributed by atoms with van der Waals surface area (Å²) in [5.41, 5.74) is 0. The van der Waals surface area contributed by atoms with Crippen LogP contribution >= 0.6 is 0 Å². The van der Waals surface area contributed by atoms with E-state index in [2.05, 4.69) is 4.74 Å². The number of hydrogen-bond acceptors (Lipinski definition) is 4. The summed E-state index contributed by atoms with van der Waals surface area (Å²) in [4.78, 5) is 22.7. The smallest absolute Gasteiger partial charge is 0.383 e. The summed E-state index contributed by atoms with van der Waals surface area (Å²) in [6.45, 7) is -0.610. The van der Waals surface area contributed by atoms with Gasteiger partial charge in [-0.3, -0.25) is 4.79 Å².